The van der Waals surface area contributed by atoms with Crippen LogP contribution in [0.4, 0.5) is 11.4 Å². The van der Waals surface area contributed by atoms with E-state index in [1.807, 2.05) is 0 Å². The van der Waals surface area contributed by atoms with E-state index in [0.717, 1.165) is 0 Å². The average molecular weight is 258 g/mol. The first kappa shape index (κ1) is 12.8. The summed E-state index contributed by atoms with van der Waals surface area (Å²) < 4.78 is 0. The molecule has 2 atom stereocenters. The van der Waals surface area contributed by atoms with Crippen molar-refractivity contribution in [2.75, 3.05) is 16.8 Å². The van der Waals surface area contributed by atoms with Crippen LogP contribution in [-0.4, -0.2) is 18.6 Å². The van der Waals surface area contributed by atoms with Crippen LogP contribution < -0.4 is 10.2 Å². The fourth-order valence-corrected chi connectivity index (χ4v) is 3.47. The van der Waals surface area contributed by atoms with Crippen molar-refractivity contribution in [3.8, 4) is 0 Å². The molecule has 0 aliphatic carbocycles. The van der Waals surface area contributed by atoms with Crippen molar-refractivity contribution in [2.24, 2.45) is 0 Å². The topological polar surface area (TPSA) is 15.3 Å². The van der Waals surface area contributed by atoms with E-state index in [2.05, 4.69) is 42.3 Å². The van der Waals surface area contributed by atoms with Gasteiger partial charge in [0.15, 0.2) is 0 Å². The van der Waals surface area contributed by atoms with Crippen LogP contribution in [0.5, 0.6) is 0 Å². The second-order valence-electron chi connectivity index (χ2n) is 6.32. The van der Waals surface area contributed by atoms with Gasteiger partial charge in [-0.05, 0) is 63.3 Å². The number of hydrogen-bond acceptors (Lipinski definition) is 2. The quantitative estimate of drug-likeness (QED) is 0.812. The van der Waals surface area contributed by atoms with Gasteiger partial charge in [-0.25, -0.2) is 0 Å². The van der Waals surface area contributed by atoms with Crippen LogP contribution >= 0.6 is 0 Å². The van der Waals surface area contributed by atoms with Crippen LogP contribution in [0.25, 0.3) is 0 Å². The van der Waals surface area contributed by atoms with Gasteiger partial charge >= 0.3 is 0 Å². The molecule has 3 rings (SSSR count). The summed E-state index contributed by atoms with van der Waals surface area (Å²) in [6.45, 7) is 5.88. The zero-order chi connectivity index (χ0) is 13.2. The molecule has 2 heterocycles. The Hall–Kier alpha value is -1.18. The van der Waals surface area contributed by atoms with Crippen molar-refractivity contribution in [1.82, 2.24) is 0 Å². The van der Waals surface area contributed by atoms with Gasteiger partial charge in [0.05, 0.1) is 0 Å². The molecule has 2 aliphatic heterocycles. The van der Waals surface area contributed by atoms with Crippen LogP contribution in [0.2, 0.25) is 0 Å². The highest BCUT2D eigenvalue weighted by molar-refractivity contribution is 5.62. The third kappa shape index (κ3) is 2.72. The third-order valence-corrected chi connectivity index (χ3v) is 4.72. The first-order valence-electron chi connectivity index (χ1n) is 7.90. The molecule has 0 saturated carbocycles. The minimum absolute atomic E-state index is 0.621. The molecule has 2 nitrogen and oxygen atoms in total. The van der Waals surface area contributed by atoms with Crippen molar-refractivity contribution in [2.45, 2.75) is 64.5 Å². The highest BCUT2D eigenvalue weighted by atomic mass is 15.2. The maximum absolute atomic E-state index is 3.60. The minimum Gasteiger partial charge on any atom is -0.382 e. The van der Waals surface area contributed by atoms with E-state index in [1.165, 1.54) is 62.0 Å². The zero-order valence-corrected chi connectivity index (χ0v) is 12.3. The van der Waals surface area contributed by atoms with E-state index in [1.54, 1.807) is 0 Å². The summed E-state index contributed by atoms with van der Waals surface area (Å²) in [5.41, 5.74) is 4.29. The van der Waals surface area contributed by atoms with Crippen molar-refractivity contribution >= 4 is 11.4 Å². The second kappa shape index (κ2) is 5.44. The number of benzene rings is 1. The molecule has 0 radical (unpaired) electrons. The summed E-state index contributed by atoms with van der Waals surface area (Å²) in [6, 6.07) is 8.34. The summed E-state index contributed by atoms with van der Waals surface area (Å²) in [5.74, 6) is 0. The molecule has 104 valence electrons. The molecular weight excluding hydrogens is 232 g/mol. The molecule has 2 unspecified atom stereocenters. The van der Waals surface area contributed by atoms with Gasteiger partial charge in [-0.15, -0.1) is 0 Å². The maximum atomic E-state index is 3.60. The molecular formula is C17H26N2. The van der Waals surface area contributed by atoms with Gasteiger partial charge in [-0.2, -0.15) is 0 Å². The first-order chi connectivity index (χ1) is 9.24. The summed E-state index contributed by atoms with van der Waals surface area (Å²) in [5, 5.41) is 3.60. The van der Waals surface area contributed by atoms with Gasteiger partial charge in [-0.3, -0.25) is 0 Å². The number of aryl methyl sites for hydroxylation is 1. The summed E-state index contributed by atoms with van der Waals surface area (Å²) in [4.78, 5) is 2.62. The molecule has 1 aromatic rings. The minimum atomic E-state index is 0.621. The van der Waals surface area contributed by atoms with Gasteiger partial charge < -0.3 is 10.2 Å². The molecule has 1 N–H and O–H groups in total. The van der Waals surface area contributed by atoms with Gasteiger partial charge in [-0.1, -0.05) is 12.8 Å². The Balaban J connectivity index is 1.84. The highest BCUT2D eigenvalue weighted by Crippen LogP contribution is 2.31. The lowest BCUT2D eigenvalue weighted by atomic mass is 9.98. The Bertz CT molecular complexity index is 441. The van der Waals surface area contributed by atoms with Crippen LogP contribution in [0, 0.1) is 0 Å². The molecule has 1 fully saturated rings. The molecule has 0 bridgehead atoms. The second-order valence-corrected chi connectivity index (χ2v) is 6.32. The molecule has 1 aromatic carbocycles. The Morgan fingerprint density at radius 3 is 2.89 bits per heavy atom. The van der Waals surface area contributed by atoms with E-state index < -0.39 is 0 Å². The van der Waals surface area contributed by atoms with E-state index in [4.69, 9.17) is 0 Å². The van der Waals surface area contributed by atoms with Gasteiger partial charge in [0, 0.05) is 30.0 Å². The zero-order valence-electron chi connectivity index (χ0n) is 12.3. The lowest BCUT2D eigenvalue weighted by Gasteiger charge is -2.31. The highest BCUT2D eigenvalue weighted by Gasteiger charge is 2.20. The number of anilines is 2. The van der Waals surface area contributed by atoms with Crippen molar-refractivity contribution in [1.29, 1.82) is 0 Å². The SMILES string of the molecule is CC1CCc2cc(N3CCCCCC3C)ccc2N1. The number of fused-ring (bicyclic) bond motifs is 1. The molecule has 0 aromatic heterocycles. The maximum Gasteiger partial charge on any atom is 0.0376 e. The van der Waals surface area contributed by atoms with Crippen molar-refractivity contribution in [3.05, 3.63) is 23.8 Å². The predicted octanol–water partition coefficient (Wildman–Crippen LogP) is 4.20. The van der Waals surface area contributed by atoms with Crippen LogP contribution in [0.3, 0.4) is 0 Å². The number of hydrogen-bond donors (Lipinski definition) is 1. The van der Waals surface area contributed by atoms with Crippen LogP contribution in [0.1, 0.15) is 51.5 Å². The Morgan fingerprint density at radius 1 is 1.11 bits per heavy atom. The van der Waals surface area contributed by atoms with Gasteiger partial charge in [0.1, 0.15) is 0 Å². The fourth-order valence-electron chi connectivity index (χ4n) is 3.47. The fraction of sp³-hybridized carbons (Fsp3) is 0.647. The largest absolute Gasteiger partial charge is 0.382 e. The lowest BCUT2D eigenvalue weighted by molar-refractivity contribution is 0.615. The molecule has 2 heteroatoms. The van der Waals surface area contributed by atoms with Crippen molar-refractivity contribution < 1.29 is 0 Å². The monoisotopic (exact) mass is 258 g/mol. The van der Waals surface area contributed by atoms with Crippen LogP contribution in [-0.2, 0) is 6.42 Å². The van der Waals surface area contributed by atoms with Gasteiger partial charge in [0.25, 0.3) is 0 Å². The Labute approximate surface area is 117 Å². The van der Waals surface area contributed by atoms with E-state index >= 15 is 0 Å². The Morgan fingerprint density at radius 2 is 2.00 bits per heavy atom. The van der Waals surface area contributed by atoms with Gasteiger partial charge in [0.2, 0.25) is 0 Å². The number of nitrogens with one attached hydrogen (secondary N) is 1. The standard InChI is InChI=1S/C17H26N2/c1-13-7-8-15-12-16(9-10-17(15)18-13)19-11-5-3-4-6-14(19)2/h9-10,12-14,18H,3-8,11H2,1-2H3. The number of rotatable bonds is 1. The molecule has 19 heavy (non-hydrogen) atoms. The summed E-state index contributed by atoms with van der Waals surface area (Å²) in [6.07, 6.45) is 7.95. The average Bonchev–Trinajstić information content (AvgIpc) is 2.63. The van der Waals surface area contributed by atoms with Crippen molar-refractivity contribution in [3.63, 3.8) is 0 Å². The molecule has 0 spiro atoms. The molecule has 2 aliphatic rings. The normalized spacial score (nSPS) is 27.4. The summed E-state index contributed by atoms with van der Waals surface area (Å²) >= 11 is 0. The third-order valence-electron chi connectivity index (χ3n) is 4.72. The number of nitrogens with zero attached hydrogens (tertiary/aromatic N) is 1. The van der Waals surface area contributed by atoms with E-state index in [9.17, 15) is 0 Å². The van der Waals surface area contributed by atoms with E-state index in [-0.39, 0.29) is 0 Å². The van der Waals surface area contributed by atoms with E-state index in [0.29, 0.717) is 12.1 Å². The molecule has 0 amide bonds. The summed E-state index contributed by atoms with van der Waals surface area (Å²) in [7, 11) is 0. The smallest absolute Gasteiger partial charge is 0.0376 e. The Kier molecular flexibility index (Phi) is 3.67. The predicted molar refractivity (Wildman–Crippen MR) is 83.1 cm³/mol. The first-order valence-corrected chi connectivity index (χ1v) is 7.90. The lowest BCUT2D eigenvalue weighted by Crippen LogP contribution is -2.32. The molecule has 1 saturated heterocycles. The van der Waals surface area contributed by atoms with Crippen LogP contribution in [0.15, 0.2) is 18.2 Å².